The van der Waals surface area contributed by atoms with Crippen LogP contribution < -0.4 is 10.5 Å². The number of methoxy groups -OCH3 is 1. The summed E-state index contributed by atoms with van der Waals surface area (Å²) in [5, 5.41) is 9.55. The number of aliphatic hydroxyl groups excluding tert-OH is 1. The van der Waals surface area contributed by atoms with Gasteiger partial charge in [-0.15, -0.1) is 0 Å². The Hall–Kier alpha value is -1.10. The van der Waals surface area contributed by atoms with Crippen molar-refractivity contribution in [3.63, 3.8) is 0 Å². The smallest absolute Gasteiger partial charge is 0.118 e. The summed E-state index contributed by atoms with van der Waals surface area (Å²) < 4.78 is 5.16. The Bertz CT molecular complexity index is 359. The number of hydrogen-bond acceptors (Lipinski definition) is 4. The predicted octanol–water partition coefficient (Wildman–Crippen LogP) is 1.15. The Morgan fingerprint density at radius 3 is 2.44 bits per heavy atom. The average Bonchev–Trinajstić information content (AvgIpc) is 2.42. The number of nitrogens with two attached hydrogens (primary N) is 1. The molecule has 1 aliphatic rings. The third-order valence-corrected chi connectivity index (χ3v) is 3.66. The van der Waals surface area contributed by atoms with Crippen molar-refractivity contribution in [3.8, 4) is 5.75 Å². The quantitative estimate of drug-likeness (QED) is 0.841. The van der Waals surface area contributed by atoms with Crippen LogP contribution in [0, 0.1) is 0 Å². The molecule has 0 radical (unpaired) electrons. The van der Waals surface area contributed by atoms with Gasteiger partial charge in [0.15, 0.2) is 0 Å². The van der Waals surface area contributed by atoms with Gasteiger partial charge in [-0.3, -0.25) is 4.90 Å². The Kier molecular flexibility index (Phi) is 4.58. The summed E-state index contributed by atoms with van der Waals surface area (Å²) in [7, 11) is 1.67. The van der Waals surface area contributed by atoms with E-state index in [0.29, 0.717) is 6.54 Å². The lowest BCUT2D eigenvalue weighted by Gasteiger charge is -2.36. The lowest BCUT2D eigenvalue weighted by atomic mass is 10.0. The highest BCUT2D eigenvalue weighted by atomic mass is 16.5. The van der Waals surface area contributed by atoms with Crippen molar-refractivity contribution in [2.24, 2.45) is 5.73 Å². The number of piperidine rings is 1. The van der Waals surface area contributed by atoms with Gasteiger partial charge in [-0.25, -0.2) is 0 Å². The lowest BCUT2D eigenvalue weighted by molar-refractivity contribution is 0.0622. The first-order valence-corrected chi connectivity index (χ1v) is 6.50. The molecule has 18 heavy (non-hydrogen) atoms. The Balaban J connectivity index is 2.07. The molecular formula is C14H22N2O2. The summed E-state index contributed by atoms with van der Waals surface area (Å²) in [5.41, 5.74) is 7.12. The van der Waals surface area contributed by atoms with Crippen molar-refractivity contribution >= 4 is 0 Å². The second kappa shape index (κ2) is 6.18. The molecule has 0 aromatic heterocycles. The van der Waals surface area contributed by atoms with Crippen LogP contribution >= 0.6 is 0 Å². The van der Waals surface area contributed by atoms with E-state index >= 15 is 0 Å². The van der Waals surface area contributed by atoms with E-state index in [-0.39, 0.29) is 12.1 Å². The minimum absolute atomic E-state index is 0.143. The first-order valence-electron chi connectivity index (χ1n) is 6.50. The van der Waals surface area contributed by atoms with Crippen molar-refractivity contribution in [1.82, 2.24) is 4.90 Å². The molecule has 1 heterocycles. The number of hydrogen-bond donors (Lipinski definition) is 2. The fourth-order valence-electron chi connectivity index (χ4n) is 2.52. The highest BCUT2D eigenvalue weighted by molar-refractivity contribution is 5.29. The molecule has 1 aliphatic heterocycles. The van der Waals surface area contributed by atoms with Crippen LogP contribution in [0.4, 0.5) is 0 Å². The van der Waals surface area contributed by atoms with E-state index in [0.717, 1.165) is 31.7 Å². The maximum absolute atomic E-state index is 9.55. The predicted molar refractivity (Wildman–Crippen MR) is 71.6 cm³/mol. The maximum Gasteiger partial charge on any atom is 0.118 e. The molecule has 0 spiro atoms. The number of rotatable bonds is 4. The van der Waals surface area contributed by atoms with Crippen LogP contribution in [0.2, 0.25) is 0 Å². The summed E-state index contributed by atoms with van der Waals surface area (Å²) >= 11 is 0. The van der Waals surface area contributed by atoms with E-state index < -0.39 is 0 Å². The van der Waals surface area contributed by atoms with Gasteiger partial charge < -0.3 is 15.6 Å². The van der Waals surface area contributed by atoms with Gasteiger partial charge in [0.1, 0.15) is 5.75 Å². The molecule has 1 aromatic carbocycles. The highest BCUT2D eigenvalue weighted by Crippen LogP contribution is 2.25. The van der Waals surface area contributed by atoms with Crippen LogP contribution in [0.1, 0.15) is 24.4 Å². The molecule has 4 nitrogen and oxygen atoms in total. The van der Waals surface area contributed by atoms with Gasteiger partial charge in [0.2, 0.25) is 0 Å². The zero-order valence-corrected chi connectivity index (χ0v) is 10.9. The SMILES string of the molecule is COc1ccc(C(CN)N2CCC(O)CC2)cc1. The zero-order chi connectivity index (χ0) is 13.0. The molecule has 1 fully saturated rings. The second-order valence-corrected chi connectivity index (χ2v) is 4.79. The van der Waals surface area contributed by atoms with E-state index in [1.165, 1.54) is 5.56 Å². The maximum atomic E-state index is 9.55. The van der Waals surface area contributed by atoms with Crippen molar-refractivity contribution in [2.45, 2.75) is 25.0 Å². The monoisotopic (exact) mass is 250 g/mol. The van der Waals surface area contributed by atoms with Crippen LogP contribution in [-0.2, 0) is 0 Å². The molecule has 1 aromatic rings. The van der Waals surface area contributed by atoms with E-state index in [1.54, 1.807) is 7.11 Å². The molecule has 0 saturated carbocycles. The fourth-order valence-corrected chi connectivity index (χ4v) is 2.52. The van der Waals surface area contributed by atoms with Gasteiger partial charge in [-0.1, -0.05) is 12.1 Å². The Morgan fingerprint density at radius 2 is 1.94 bits per heavy atom. The normalized spacial score (nSPS) is 19.7. The van der Waals surface area contributed by atoms with E-state index in [2.05, 4.69) is 17.0 Å². The molecule has 2 rings (SSSR count). The zero-order valence-electron chi connectivity index (χ0n) is 10.9. The van der Waals surface area contributed by atoms with Gasteiger partial charge in [0.05, 0.1) is 13.2 Å². The van der Waals surface area contributed by atoms with Crippen LogP contribution in [-0.4, -0.2) is 42.9 Å². The van der Waals surface area contributed by atoms with Crippen LogP contribution in [0.5, 0.6) is 5.75 Å². The van der Waals surface area contributed by atoms with E-state index in [9.17, 15) is 5.11 Å². The molecule has 1 atom stereocenters. The molecule has 1 saturated heterocycles. The molecule has 100 valence electrons. The topological polar surface area (TPSA) is 58.7 Å². The Labute approximate surface area is 108 Å². The Morgan fingerprint density at radius 1 is 1.33 bits per heavy atom. The first-order chi connectivity index (χ1) is 8.74. The molecule has 0 aliphatic carbocycles. The summed E-state index contributed by atoms with van der Waals surface area (Å²) in [6.07, 6.45) is 1.54. The number of ether oxygens (including phenoxy) is 1. The number of likely N-dealkylation sites (tertiary alicyclic amines) is 1. The summed E-state index contributed by atoms with van der Waals surface area (Å²) in [6, 6.07) is 8.32. The number of aliphatic hydroxyl groups is 1. The summed E-state index contributed by atoms with van der Waals surface area (Å²) in [5.74, 6) is 0.864. The number of benzene rings is 1. The average molecular weight is 250 g/mol. The highest BCUT2D eigenvalue weighted by Gasteiger charge is 2.24. The van der Waals surface area contributed by atoms with Gasteiger partial charge in [0.25, 0.3) is 0 Å². The molecule has 0 amide bonds. The number of nitrogens with zero attached hydrogens (tertiary/aromatic N) is 1. The van der Waals surface area contributed by atoms with Crippen LogP contribution in [0.15, 0.2) is 24.3 Å². The van der Waals surface area contributed by atoms with Gasteiger partial charge >= 0.3 is 0 Å². The first kappa shape index (κ1) is 13.3. The molecule has 3 N–H and O–H groups in total. The van der Waals surface area contributed by atoms with Gasteiger partial charge in [-0.05, 0) is 30.5 Å². The van der Waals surface area contributed by atoms with Crippen molar-refractivity contribution in [1.29, 1.82) is 0 Å². The minimum atomic E-state index is -0.143. The molecule has 0 bridgehead atoms. The molecule has 4 heteroatoms. The van der Waals surface area contributed by atoms with E-state index in [4.69, 9.17) is 10.5 Å². The molecular weight excluding hydrogens is 228 g/mol. The third kappa shape index (κ3) is 3.02. The van der Waals surface area contributed by atoms with Gasteiger partial charge in [0, 0.05) is 25.7 Å². The van der Waals surface area contributed by atoms with Crippen molar-refractivity contribution in [2.75, 3.05) is 26.7 Å². The van der Waals surface area contributed by atoms with Crippen LogP contribution in [0.25, 0.3) is 0 Å². The standard InChI is InChI=1S/C14H22N2O2/c1-18-13-4-2-11(3-5-13)14(10-15)16-8-6-12(17)7-9-16/h2-5,12,14,17H,6-10,15H2,1H3. The minimum Gasteiger partial charge on any atom is -0.497 e. The fraction of sp³-hybridized carbons (Fsp3) is 0.571. The molecule has 1 unspecified atom stereocenters. The summed E-state index contributed by atoms with van der Waals surface area (Å²) in [6.45, 7) is 2.42. The van der Waals surface area contributed by atoms with Crippen molar-refractivity contribution in [3.05, 3.63) is 29.8 Å². The third-order valence-electron chi connectivity index (χ3n) is 3.66. The van der Waals surface area contributed by atoms with Crippen molar-refractivity contribution < 1.29 is 9.84 Å². The largest absolute Gasteiger partial charge is 0.497 e. The lowest BCUT2D eigenvalue weighted by Crippen LogP contribution is -2.41. The second-order valence-electron chi connectivity index (χ2n) is 4.79. The van der Waals surface area contributed by atoms with Gasteiger partial charge in [-0.2, -0.15) is 0 Å². The summed E-state index contributed by atoms with van der Waals surface area (Å²) in [4.78, 5) is 2.36. The van der Waals surface area contributed by atoms with Crippen LogP contribution in [0.3, 0.4) is 0 Å². The van der Waals surface area contributed by atoms with E-state index in [1.807, 2.05) is 12.1 Å².